The predicted octanol–water partition coefficient (Wildman–Crippen LogP) is 2.34. The summed E-state index contributed by atoms with van der Waals surface area (Å²) in [5, 5.41) is 9.47. The number of likely N-dealkylation sites (N-methyl/N-ethyl adjacent to an activating group) is 1. The number of hydrogen-bond donors (Lipinski definition) is 1. The largest absolute Gasteiger partial charge is 0.395 e. The Balaban J connectivity index is 2.30. The molecular weight excluding hydrogens is 292 g/mol. The topological polar surface area (TPSA) is 26.7 Å². The summed E-state index contributed by atoms with van der Waals surface area (Å²) >= 11 is 3.52. The Morgan fingerprint density at radius 3 is 2.78 bits per heavy atom. The van der Waals surface area contributed by atoms with E-state index >= 15 is 0 Å². The summed E-state index contributed by atoms with van der Waals surface area (Å²) in [6, 6.07) is 8.57. The van der Waals surface area contributed by atoms with Crippen LogP contribution in [0.3, 0.4) is 0 Å². The fourth-order valence-corrected chi connectivity index (χ4v) is 3.11. The summed E-state index contributed by atoms with van der Waals surface area (Å²) in [5.41, 5.74) is 1.28. The highest BCUT2D eigenvalue weighted by Crippen LogP contribution is 2.31. The van der Waals surface area contributed by atoms with Gasteiger partial charge >= 0.3 is 0 Å². The SMILES string of the molecule is CN1CC(C)(C)N(c2cccc(Br)c2)CC1CO. The minimum absolute atomic E-state index is 0.0706. The van der Waals surface area contributed by atoms with E-state index in [9.17, 15) is 5.11 Å². The van der Waals surface area contributed by atoms with E-state index in [0.717, 1.165) is 17.6 Å². The number of rotatable bonds is 2. The molecule has 0 amide bonds. The van der Waals surface area contributed by atoms with Gasteiger partial charge in [-0.05, 0) is 39.1 Å². The van der Waals surface area contributed by atoms with Crippen molar-refractivity contribution in [1.29, 1.82) is 0 Å². The molecule has 0 saturated carbocycles. The molecule has 1 aliphatic rings. The zero-order valence-electron chi connectivity index (χ0n) is 11.2. The summed E-state index contributed by atoms with van der Waals surface area (Å²) in [5.74, 6) is 0. The quantitative estimate of drug-likeness (QED) is 0.908. The highest BCUT2D eigenvalue weighted by atomic mass is 79.9. The van der Waals surface area contributed by atoms with Crippen molar-refractivity contribution < 1.29 is 5.11 Å². The van der Waals surface area contributed by atoms with Gasteiger partial charge in [0.2, 0.25) is 0 Å². The Labute approximate surface area is 118 Å². The van der Waals surface area contributed by atoms with E-state index in [0.29, 0.717) is 0 Å². The molecule has 4 heteroatoms. The van der Waals surface area contributed by atoms with Crippen LogP contribution in [-0.4, -0.2) is 48.3 Å². The average Bonchev–Trinajstić information content (AvgIpc) is 2.28. The average molecular weight is 313 g/mol. The Morgan fingerprint density at radius 2 is 2.17 bits per heavy atom. The predicted molar refractivity (Wildman–Crippen MR) is 79.1 cm³/mol. The lowest BCUT2D eigenvalue weighted by atomic mass is 9.95. The van der Waals surface area contributed by atoms with E-state index in [-0.39, 0.29) is 18.2 Å². The smallest absolute Gasteiger partial charge is 0.0604 e. The van der Waals surface area contributed by atoms with Crippen molar-refractivity contribution in [2.24, 2.45) is 0 Å². The minimum atomic E-state index is 0.0706. The van der Waals surface area contributed by atoms with Crippen molar-refractivity contribution in [3.63, 3.8) is 0 Å². The molecule has 0 spiro atoms. The first-order chi connectivity index (χ1) is 8.44. The molecule has 2 rings (SSSR count). The summed E-state index contributed by atoms with van der Waals surface area (Å²) in [4.78, 5) is 4.63. The molecule has 1 N–H and O–H groups in total. The normalized spacial score (nSPS) is 24.3. The first kappa shape index (κ1) is 13.8. The van der Waals surface area contributed by atoms with Crippen LogP contribution >= 0.6 is 15.9 Å². The van der Waals surface area contributed by atoms with Gasteiger partial charge in [0.25, 0.3) is 0 Å². The maximum Gasteiger partial charge on any atom is 0.0604 e. The number of anilines is 1. The van der Waals surface area contributed by atoms with Crippen molar-refractivity contribution >= 4 is 21.6 Å². The van der Waals surface area contributed by atoms with Crippen LogP contribution in [0.25, 0.3) is 0 Å². The number of halogens is 1. The van der Waals surface area contributed by atoms with Gasteiger partial charge in [0.15, 0.2) is 0 Å². The van der Waals surface area contributed by atoms with E-state index in [1.54, 1.807) is 0 Å². The van der Waals surface area contributed by atoms with Gasteiger partial charge in [-0.15, -0.1) is 0 Å². The summed E-state index contributed by atoms with van der Waals surface area (Å²) in [6.07, 6.45) is 0. The van der Waals surface area contributed by atoms with Gasteiger partial charge in [0.1, 0.15) is 0 Å². The van der Waals surface area contributed by atoms with E-state index in [4.69, 9.17) is 0 Å². The van der Waals surface area contributed by atoms with Gasteiger partial charge in [-0.2, -0.15) is 0 Å². The van der Waals surface area contributed by atoms with Gasteiger partial charge < -0.3 is 10.0 Å². The molecule has 1 aromatic carbocycles. The Morgan fingerprint density at radius 1 is 1.44 bits per heavy atom. The molecule has 1 unspecified atom stereocenters. The number of nitrogens with zero attached hydrogens (tertiary/aromatic N) is 2. The highest BCUT2D eigenvalue weighted by molar-refractivity contribution is 9.10. The van der Waals surface area contributed by atoms with Gasteiger partial charge in [0.05, 0.1) is 12.6 Å². The third kappa shape index (κ3) is 2.71. The summed E-state index contributed by atoms with van der Waals surface area (Å²) < 4.78 is 1.09. The third-order valence-electron chi connectivity index (χ3n) is 3.71. The molecule has 1 fully saturated rings. The molecule has 0 bridgehead atoms. The van der Waals surface area contributed by atoms with Gasteiger partial charge in [-0.25, -0.2) is 0 Å². The van der Waals surface area contributed by atoms with Crippen molar-refractivity contribution in [1.82, 2.24) is 4.90 Å². The molecule has 0 aromatic heterocycles. The maximum atomic E-state index is 9.47. The van der Waals surface area contributed by atoms with Gasteiger partial charge in [-0.3, -0.25) is 4.90 Å². The molecule has 1 aromatic rings. The van der Waals surface area contributed by atoms with Crippen LogP contribution in [0.2, 0.25) is 0 Å². The molecule has 1 saturated heterocycles. The first-order valence-corrected chi connectivity index (χ1v) is 7.07. The van der Waals surface area contributed by atoms with E-state index in [1.165, 1.54) is 5.69 Å². The fraction of sp³-hybridized carbons (Fsp3) is 0.571. The molecule has 1 aliphatic heterocycles. The molecule has 18 heavy (non-hydrogen) atoms. The molecule has 1 atom stereocenters. The number of piperazine rings is 1. The van der Waals surface area contributed by atoms with Crippen LogP contribution in [0.1, 0.15) is 13.8 Å². The van der Waals surface area contributed by atoms with Crippen LogP contribution in [0.15, 0.2) is 28.7 Å². The van der Waals surface area contributed by atoms with Crippen LogP contribution in [0, 0.1) is 0 Å². The Bertz CT molecular complexity index is 422. The molecule has 1 heterocycles. The van der Waals surface area contributed by atoms with E-state index in [1.807, 2.05) is 6.07 Å². The van der Waals surface area contributed by atoms with Crippen molar-refractivity contribution in [2.45, 2.75) is 25.4 Å². The lowest BCUT2D eigenvalue weighted by Gasteiger charge is -2.51. The van der Waals surface area contributed by atoms with Crippen molar-refractivity contribution in [2.75, 3.05) is 31.6 Å². The lowest BCUT2D eigenvalue weighted by molar-refractivity contribution is 0.0980. The lowest BCUT2D eigenvalue weighted by Crippen LogP contribution is -2.63. The van der Waals surface area contributed by atoms with Gasteiger partial charge in [0, 0.05) is 28.8 Å². The standard InChI is InChI=1S/C14H21BrN2O/c1-14(2)10-16(3)13(9-18)8-17(14)12-6-4-5-11(15)7-12/h4-7,13,18H,8-10H2,1-3H3. The monoisotopic (exact) mass is 312 g/mol. The first-order valence-electron chi connectivity index (χ1n) is 6.28. The number of benzene rings is 1. The molecule has 3 nitrogen and oxygen atoms in total. The van der Waals surface area contributed by atoms with Crippen LogP contribution < -0.4 is 4.90 Å². The number of hydrogen-bond acceptors (Lipinski definition) is 3. The second kappa shape index (κ2) is 5.19. The molecule has 0 radical (unpaired) electrons. The second-order valence-electron chi connectivity index (χ2n) is 5.65. The molecule has 100 valence electrons. The minimum Gasteiger partial charge on any atom is -0.395 e. The molecular formula is C14H21BrN2O. The van der Waals surface area contributed by atoms with E-state index < -0.39 is 0 Å². The highest BCUT2D eigenvalue weighted by Gasteiger charge is 2.37. The summed E-state index contributed by atoms with van der Waals surface area (Å²) in [6.45, 7) is 6.51. The zero-order chi connectivity index (χ0) is 13.3. The van der Waals surface area contributed by atoms with Crippen molar-refractivity contribution in [3.8, 4) is 0 Å². The zero-order valence-corrected chi connectivity index (χ0v) is 12.8. The maximum absolute atomic E-state index is 9.47. The van der Waals surface area contributed by atoms with E-state index in [2.05, 4.69) is 64.8 Å². The second-order valence-corrected chi connectivity index (χ2v) is 6.57. The van der Waals surface area contributed by atoms with Crippen LogP contribution in [0.4, 0.5) is 5.69 Å². The Hall–Kier alpha value is -0.580. The Kier molecular flexibility index (Phi) is 3.99. The third-order valence-corrected chi connectivity index (χ3v) is 4.21. The van der Waals surface area contributed by atoms with Crippen LogP contribution in [0.5, 0.6) is 0 Å². The number of aliphatic hydroxyl groups is 1. The van der Waals surface area contributed by atoms with Gasteiger partial charge in [-0.1, -0.05) is 22.0 Å². The summed E-state index contributed by atoms with van der Waals surface area (Å²) in [7, 11) is 2.08. The molecule has 0 aliphatic carbocycles. The number of aliphatic hydroxyl groups excluding tert-OH is 1. The fourth-order valence-electron chi connectivity index (χ4n) is 2.72. The van der Waals surface area contributed by atoms with Crippen molar-refractivity contribution in [3.05, 3.63) is 28.7 Å². The van der Waals surface area contributed by atoms with Crippen LogP contribution in [-0.2, 0) is 0 Å².